The lowest BCUT2D eigenvalue weighted by molar-refractivity contribution is -0.136. The van der Waals surface area contributed by atoms with Crippen molar-refractivity contribution in [3.8, 4) is 17.2 Å². The van der Waals surface area contributed by atoms with E-state index in [0.29, 0.717) is 39.6 Å². The Morgan fingerprint density at radius 1 is 0.975 bits per heavy atom. The van der Waals surface area contributed by atoms with Gasteiger partial charge in [0.1, 0.15) is 12.4 Å². The van der Waals surface area contributed by atoms with Gasteiger partial charge in [-0.05, 0) is 82.9 Å². The lowest BCUT2D eigenvalue weighted by atomic mass is 10.1. The number of para-hydroxylation sites is 1. The van der Waals surface area contributed by atoms with Crippen molar-refractivity contribution in [1.29, 1.82) is 0 Å². The molecule has 0 aliphatic rings. The molecule has 0 bridgehead atoms. The molecule has 0 aliphatic heterocycles. The maximum Gasteiger partial charge on any atom is 0.329 e. The molecule has 0 aliphatic carbocycles. The van der Waals surface area contributed by atoms with Crippen molar-refractivity contribution in [1.82, 2.24) is 5.43 Å². The van der Waals surface area contributed by atoms with Gasteiger partial charge < -0.3 is 24.8 Å². The Morgan fingerprint density at radius 2 is 1.68 bits per heavy atom. The van der Waals surface area contributed by atoms with Gasteiger partial charge in [-0.25, -0.2) is 5.43 Å². The molecule has 0 unspecified atom stereocenters. The third kappa shape index (κ3) is 8.43. The predicted molar refractivity (Wildman–Crippen MR) is 157 cm³/mol. The van der Waals surface area contributed by atoms with Gasteiger partial charge in [0.25, 0.3) is 5.91 Å². The minimum atomic E-state index is -0.955. The first-order valence-corrected chi connectivity index (χ1v) is 12.9. The summed E-state index contributed by atoms with van der Waals surface area (Å²) in [5.41, 5.74) is 5.77. The molecular weight excluding hydrogens is 580 g/mol. The van der Waals surface area contributed by atoms with Crippen LogP contribution in [0.2, 0.25) is 0 Å². The zero-order valence-corrected chi connectivity index (χ0v) is 23.8. The van der Waals surface area contributed by atoms with Crippen molar-refractivity contribution in [2.75, 3.05) is 31.0 Å². The van der Waals surface area contributed by atoms with E-state index in [1.807, 2.05) is 32.0 Å². The number of carbonyl (C=O) groups excluding carboxylic acids is 3. The van der Waals surface area contributed by atoms with Crippen LogP contribution in [-0.4, -0.2) is 44.3 Å². The van der Waals surface area contributed by atoms with Gasteiger partial charge in [-0.15, -0.1) is 0 Å². The molecule has 40 heavy (non-hydrogen) atoms. The monoisotopic (exact) mass is 608 g/mol. The van der Waals surface area contributed by atoms with Crippen LogP contribution in [0.5, 0.6) is 17.2 Å². The standard InChI is InChI=1S/C29H29BrN4O6/c1-5-13-39-22-11-9-21(10-12-22)32-28(36)29(37)34-31-16-20-14-23(30)27(24(15-20)38-4)40-17-25(35)33-26-18(2)7-6-8-19(26)3/h5-12,14-16H,1,13,17H2,2-4H3,(H,32,36)(H,33,35)(H,34,37)/b31-16-. The minimum absolute atomic E-state index is 0.244. The number of hydrogen-bond acceptors (Lipinski definition) is 7. The first kappa shape index (κ1) is 29.9. The number of aryl methyl sites for hydroxylation is 2. The van der Waals surface area contributed by atoms with Crippen molar-refractivity contribution < 1.29 is 28.6 Å². The highest BCUT2D eigenvalue weighted by Crippen LogP contribution is 2.36. The molecule has 0 heterocycles. The molecule has 0 saturated heterocycles. The van der Waals surface area contributed by atoms with Crippen LogP contribution in [0.3, 0.4) is 0 Å². The van der Waals surface area contributed by atoms with E-state index in [0.717, 1.165) is 16.8 Å². The van der Waals surface area contributed by atoms with E-state index < -0.39 is 11.8 Å². The highest BCUT2D eigenvalue weighted by atomic mass is 79.9. The number of rotatable bonds is 11. The van der Waals surface area contributed by atoms with E-state index in [9.17, 15) is 14.4 Å². The lowest BCUT2D eigenvalue weighted by Gasteiger charge is -2.15. The molecule has 0 radical (unpaired) electrons. The van der Waals surface area contributed by atoms with Gasteiger partial charge in [0.05, 0.1) is 17.8 Å². The number of benzene rings is 3. The number of halogens is 1. The number of methoxy groups -OCH3 is 1. The fraction of sp³-hybridized carbons (Fsp3) is 0.172. The average molecular weight is 609 g/mol. The normalized spacial score (nSPS) is 10.5. The lowest BCUT2D eigenvalue weighted by Crippen LogP contribution is -2.32. The number of nitrogens with zero attached hydrogens (tertiary/aromatic N) is 1. The molecule has 11 heteroatoms. The Kier molecular flexibility index (Phi) is 10.8. The Morgan fingerprint density at radius 3 is 2.33 bits per heavy atom. The Balaban J connectivity index is 1.56. The molecule has 3 aromatic carbocycles. The highest BCUT2D eigenvalue weighted by molar-refractivity contribution is 9.10. The van der Waals surface area contributed by atoms with Gasteiger partial charge in [0.2, 0.25) is 0 Å². The van der Waals surface area contributed by atoms with Crippen LogP contribution in [0.1, 0.15) is 16.7 Å². The quantitative estimate of drug-likeness (QED) is 0.125. The fourth-order valence-corrected chi connectivity index (χ4v) is 4.05. The molecule has 0 atom stereocenters. The number of amides is 3. The molecule has 0 fully saturated rings. The summed E-state index contributed by atoms with van der Waals surface area (Å²) in [4.78, 5) is 36.8. The van der Waals surface area contributed by atoms with Crippen molar-refractivity contribution in [2.45, 2.75) is 13.8 Å². The molecule has 3 aromatic rings. The first-order valence-electron chi connectivity index (χ1n) is 12.1. The first-order chi connectivity index (χ1) is 19.2. The number of hydrogen-bond donors (Lipinski definition) is 3. The average Bonchev–Trinajstić information content (AvgIpc) is 2.93. The fourth-order valence-electron chi connectivity index (χ4n) is 3.47. The smallest absolute Gasteiger partial charge is 0.329 e. The van der Waals surface area contributed by atoms with Crippen LogP contribution in [-0.2, 0) is 14.4 Å². The molecule has 0 saturated carbocycles. The van der Waals surface area contributed by atoms with Gasteiger partial charge >= 0.3 is 11.8 Å². The summed E-state index contributed by atoms with van der Waals surface area (Å²) in [7, 11) is 1.45. The Hall–Kier alpha value is -4.64. The summed E-state index contributed by atoms with van der Waals surface area (Å²) in [6, 6.07) is 15.5. The second kappa shape index (κ2) is 14.5. The second-order valence-corrected chi connectivity index (χ2v) is 9.27. The van der Waals surface area contributed by atoms with Crippen molar-refractivity contribution in [3.63, 3.8) is 0 Å². The van der Waals surface area contributed by atoms with Crippen LogP contribution >= 0.6 is 15.9 Å². The van der Waals surface area contributed by atoms with E-state index >= 15 is 0 Å². The van der Waals surface area contributed by atoms with Gasteiger partial charge in [-0.2, -0.15) is 5.10 Å². The number of ether oxygens (including phenoxy) is 3. The Labute approximate surface area is 240 Å². The summed E-state index contributed by atoms with van der Waals surface area (Å²) in [6.07, 6.45) is 2.95. The molecule has 3 N–H and O–H groups in total. The van der Waals surface area contributed by atoms with E-state index in [4.69, 9.17) is 14.2 Å². The van der Waals surface area contributed by atoms with Crippen LogP contribution in [0.15, 0.2) is 76.8 Å². The number of hydrazone groups is 1. The number of nitrogens with one attached hydrogen (secondary N) is 3. The predicted octanol–water partition coefficient (Wildman–Crippen LogP) is 4.75. The SMILES string of the molecule is C=CCOc1ccc(NC(=O)C(=O)N/N=C\c2cc(Br)c(OCC(=O)Nc3c(C)cccc3C)c(OC)c2)cc1. The highest BCUT2D eigenvalue weighted by Gasteiger charge is 2.15. The number of carbonyl (C=O) groups is 3. The third-order valence-corrected chi connectivity index (χ3v) is 6.00. The summed E-state index contributed by atoms with van der Waals surface area (Å²) in [6.45, 7) is 7.52. The van der Waals surface area contributed by atoms with Gasteiger partial charge in [0, 0.05) is 11.4 Å². The van der Waals surface area contributed by atoms with Gasteiger partial charge in [-0.1, -0.05) is 30.9 Å². The second-order valence-electron chi connectivity index (χ2n) is 8.42. The maximum absolute atomic E-state index is 12.5. The minimum Gasteiger partial charge on any atom is -0.493 e. The van der Waals surface area contributed by atoms with Crippen LogP contribution < -0.4 is 30.3 Å². The summed E-state index contributed by atoms with van der Waals surface area (Å²) < 4.78 is 17.0. The largest absolute Gasteiger partial charge is 0.493 e. The third-order valence-electron chi connectivity index (χ3n) is 5.41. The molecule has 0 aromatic heterocycles. The van der Waals surface area contributed by atoms with Crippen LogP contribution in [0, 0.1) is 13.8 Å². The number of anilines is 2. The molecule has 3 amide bonds. The zero-order valence-electron chi connectivity index (χ0n) is 22.2. The maximum atomic E-state index is 12.5. The van der Waals surface area contributed by atoms with E-state index in [-0.39, 0.29) is 12.5 Å². The molecule has 10 nitrogen and oxygen atoms in total. The van der Waals surface area contributed by atoms with Crippen LogP contribution in [0.25, 0.3) is 0 Å². The van der Waals surface area contributed by atoms with Crippen LogP contribution in [0.4, 0.5) is 11.4 Å². The molecule has 0 spiro atoms. The zero-order chi connectivity index (χ0) is 29.1. The van der Waals surface area contributed by atoms with E-state index in [1.54, 1.807) is 42.5 Å². The summed E-state index contributed by atoms with van der Waals surface area (Å²) in [5.74, 6) is -0.913. The van der Waals surface area contributed by atoms with E-state index in [2.05, 4.69) is 43.7 Å². The van der Waals surface area contributed by atoms with Crippen molar-refractivity contribution in [2.24, 2.45) is 5.10 Å². The molecular formula is C29H29BrN4O6. The summed E-state index contributed by atoms with van der Waals surface area (Å²) in [5, 5.41) is 9.18. The molecule has 3 rings (SSSR count). The topological polar surface area (TPSA) is 127 Å². The van der Waals surface area contributed by atoms with Gasteiger partial charge in [0.15, 0.2) is 18.1 Å². The summed E-state index contributed by atoms with van der Waals surface area (Å²) >= 11 is 3.42. The van der Waals surface area contributed by atoms with Crippen molar-refractivity contribution in [3.05, 3.63) is 88.4 Å². The van der Waals surface area contributed by atoms with Crippen molar-refractivity contribution >= 4 is 51.2 Å². The van der Waals surface area contributed by atoms with Gasteiger partial charge in [-0.3, -0.25) is 14.4 Å². The Bertz CT molecular complexity index is 1400. The molecule has 208 valence electrons. The van der Waals surface area contributed by atoms with E-state index in [1.165, 1.54) is 13.3 Å².